The van der Waals surface area contributed by atoms with Crippen LogP contribution < -0.4 is 15.5 Å². The van der Waals surface area contributed by atoms with Crippen LogP contribution in [0.3, 0.4) is 0 Å². The molecule has 1 heterocycles. The maximum Gasteiger partial charge on any atom is 0.0609 e. The Balaban J connectivity index is 2.42. The van der Waals surface area contributed by atoms with Crippen molar-refractivity contribution in [2.24, 2.45) is 5.73 Å². The molecule has 0 aromatic heterocycles. The number of para-hydroxylation sites is 2. The Bertz CT molecular complexity index is 412. The Kier molecular flexibility index (Phi) is 4.35. The molecule has 0 radical (unpaired) electrons. The van der Waals surface area contributed by atoms with Crippen LogP contribution in [0.15, 0.2) is 24.3 Å². The highest BCUT2D eigenvalue weighted by Gasteiger charge is 2.36. The first kappa shape index (κ1) is 14.2. The molecule has 0 aliphatic carbocycles. The van der Waals surface area contributed by atoms with Gasteiger partial charge >= 0.3 is 0 Å². The van der Waals surface area contributed by atoms with Crippen molar-refractivity contribution in [2.45, 2.75) is 38.6 Å². The number of fused-ring (bicyclic) bond motifs is 1. The smallest absolute Gasteiger partial charge is 0.0609 e. The van der Waals surface area contributed by atoms with Gasteiger partial charge in [-0.05, 0) is 25.0 Å². The Morgan fingerprint density at radius 2 is 1.84 bits per heavy atom. The normalized spacial score (nSPS) is 18.1. The van der Waals surface area contributed by atoms with Crippen molar-refractivity contribution in [3.05, 3.63) is 24.3 Å². The minimum Gasteiger partial charge on any atom is -0.371 e. The summed E-state index contributed by atoms with van der Waals surface area (Å²) in [5.41, 5.74) is 8.96. The second-order valence-corrected chi connectivity index (χ2v) is 5.59. The van der Waals surface area contributed by atoms with Crippen molar-refractivity contribution in [1.29, 1.82) is 0 Å². The van der Waals surface area contributed by atoms with Crippen LogP contribution >= 0.6 is 0 Å². The lowest BCUT2D eigenvalue weighted by Crippen LogP contribution is -2.57. The molecule has 0 amide bonds. The summed E-state index contributed by atoms with van der Waals surface area (Å²) < 4.78 is 0. The van der Waals surface area contributed by atoms with E-state index in [0.29, 0.717) is 0 Å². The molecule has 3 nitrogen and oxygen atoms in total. The van der Waals surface area contributed by atoms with E-state index in [2.05, 4.69) is 55.0 Å². The molecule has 0 fully saturated rings. The monoisotopic (exact) mass is 261 g/mol. The quantitative estimate of drug-likeness (QED) is 0.884. The first-order valence-electron chi connectivity index (χ1n) is 7.46. The topological polar surface area (TPSA) is 32.5 Å². The zero-order valence-electron chi connectivity index (χ0n) is 12.5. The van der Waals surface area contributed by atoms with Crippen molar-refractivity contribution in [3.8, 4) is 0 Å². The molecule has 0 bridgehead atoms. The molecule has 1 aromatic carbocycles. The summed E-state index contributed by atoms with van der Waals surface area (Å²) in [5, 5.41) is 0. The van der Waals surface area contributed by atoms with Gasteiger partial charge in [0.05, 0.1) is 16.9 Å². The summed E-state index contributed by atoms with van der Waals surface area (Å²) in [4.78, 5) is 4.90. The number of nitrogens with zero attached hydrogens (tertiary/aromatic N) is 2. The van der Waals surface area contributed by atoms with Gasteiger partial charge in [-0.1, -0.05) is 32.4 Å². The number of hydrogen-bond acceptors (Lipinski definition) is 3. The van der Waals surface area contributed by atoms with Crippen LogP contribution in [0.5, 0.6) is 0 Å². The first-order chi connectivity index (χ1) is 9.18. The van der Waals surface area contributed by atoms with Crippen LogP contribution in [0, 0.1) is 0 Å². The van der Waals surface area contributed by atoms with E-state index in [1.54, 1.807) is 0 Å². The molecule has 1 aliphatic heterocycles. The highest BCUT2D eigenvalue weighted by atomic mass is 15.3. The summed E-state index contributed by atoms with van der Waals surface area (Å²) in [6.45, 7) is 7.39. The molecule has 2 rings (SSSR count). The predicted octanol–water partition coefficient (Wildman–Crippen LogP) is 2.85. The van der Waals surface area contributed by atoms with Gasteiger partial charge in [0.15, 0.2) is 0 Å². The Hall–Kier alpha value is -1.22. The Labute approximate surface area is 117 Å². The molecule has 3 heteroatoms. The number of anilines is 2. The molecule has 19 heavy (non-hydrogen) atoms. The van der Waals surface area contributed by atoms with Crippen molar-refractivity contribution in [3.63, 3.8) is 0 Å². The van der Waals surface area contributed by atoms with Crippen LogP contribution in [0.4, 0.5) is 11.4 Å². The van der Waals surface area contributed by atoms with E-state index in [0.717, 1.165) is 32.5 Å². The van der Waals surface area contributed by atoms with Gasteiger partial charge in [0.2, 0.25) is 0 Å². The highest BCUT2D eigenvalue weighted by Crippen LogP contribution is 2.38. The lowest BCUT2D eigenvalue weighted by molar-refractivity contribution is 0.348. The largest absolute Gasteiger partial charge is 0.371 e. The average molecular weight is 261 g/mol. The number of benzene rings is 1. The SMILES string of the molecule is CCCC(CC)(CN)N1CCN(C)c2ccccc21. The maximum atomic E-state index is 6.17. The third-order valence-electron chi connectivity index (χ3n) is 4.57. The second kappa shape index (κ2) is 5.83. The predicted molar refractivity (Wildman–Crippen MR) is 84.0 cm³/mol. The molecule has 1 aromatic rings. The first-order valence-corrected chi connectivity index (χ1v) is 7.46. The van der Waals surface area contributed by atoms with Crippen LogP contribution in [0.2, 0.25) is 0 Å². The standard InChI is InChI=1S/C16H27N3/c1-4-10-16(5-2,13-17)19-12-11-18(3)14-8-6-7-9-15(14)19/h6-9H,4-5,10-13,17H2,1-3H3. The van der Waals surface area contributed by atoms with Gasteiger partial charge < -0.3 is 15.5 Å². The van der Waals surface area contributed by atoms with Crippen molar-refractivity contribution in [1.82, 2.24) is 0 Å². The molecule has 0 saturated heterocycles. The van der Waals surface area contributed by atoms with E-state index in [1.165, 1.54) is 17.8 Å². The van der Waals surface area contributed by atoms with Crippen molar-refractivity contribution in [2.75, 3.05) is 36.5 Å². The van der Waals surface area contributed by atoms with E-state index in [1.807, 2.05) is 0 Å². The fourth-order valence-corrected chi connectivity index (χ4v) is 3.32. The molecule has 106 valence electrons. The number of hydrogen-bond donors (Lipinski definition) is 1. The van der Waals surface area contributed by atoms with Gasteiger partial charge in [0.1, 0.15) is 0 Å². The second-order valence-electron chi connectivity index (χ2n) is 5.59. The van der Waals surface area contributed by atoms with Gasteiger partial charge in [-0.25, -0.2) is 0 Å². The summed E-state index contributed by atoms with van der Waals surface area (Å²) in [7, 11) is 2.17. The lowest BCUT2D eigenvalue weighted by atomic mass is 9.87. The van der Waals surface area contributed by atoms with Gasteiger partial charge in [0.25, 0.3) is 0 Å². The fraction of sp³-hybridized carbons (Fsp3) is 0.625. The highest BCUT2D eigenvalue weighted by molar-refractivity contribution is 5.74. The van der Waals surface area contributed by atoms with Gasteiger partial charge in [-0.3, -0.25) is 0 Å². The molecule has 0 spiro atoms. The summed E-state index contributed by atoms with van der Waals surface area (Å²) in [6, 6.07) is 8.70. The van der Waals surface area contributed by atoms with Crippen LogP contribution in [-0.4, -0.2) is 32.2 Å². The minimum atomic E-state index is 0.117. The van der Waals surface area contributed by atoms with E-state index >= 15 is 0 Å². The van der Waals surface area contributed by atoms with Gasteiger partial charge in [-0.2, -0.15) is 0 Å². The van der Waals surface area contributed by atoms with Crippen molar-refractivity contribution < 1.29 is 0 Å². The third kappa shape index (κ3) is 2.44. The fourth-order valence-electron chi connectivity index (χ4n) is 3.32. The van der Waals surface area contributed by atoms with E-state index in [9.17, 15) is 0 Å². The summed E-state index contributed by atoms with van der Waals surface area (Å²) in [5.74, 6) is 0. The zero-order valence-corrected chi connectivity index (χ0v) is 12.5. The molecule has 1 aliphatic rings. The number of likely N-dealkylation sites (N-methyl/N-ethyl adjacent to an activating group) is 1. The van der Waals surface area contributed by atoms with Gasteiger partial charge in [0, 0.05) is 26.7 Å². The number of nitrogens with two attached hydrogens (primary N) is 1. The van der Waals surface area contributed by atoms with E-state index in [4.69, 9.17) is 5.73 Å². The van der Waals surface area contributed by atoms with Crippen LogP contribution in [0.1, 0.15) is 33.1 Å². The maximum absolute atomic E-state index is 6.17. The zero-order chi connectivity index (χ0) is 13.9. The summed E-state index contributed by atoms with van der Waals surface area (Å²) in [6.07, 6.45) is 3.45. The molecule has 1 unspecified atom stereocenters. The molecule has 1 atom stereocenters. The van der Waals surface area contributed by atoms with Gasteiger partial charge in [-0.15, -0.1) is 0 Å². The average Bonchev–Trinajstić information content (AvgIpc) is 2.46. The summed E-state index contributed by atoms with van der Waals surface area (Å²) >= 11 is 0. The molecule has 2 N–H and O–H groups in total. The Morgan fingerprint density at radius 3 is 2.42 bits per heavy atom. The molecule has 0 saturated carbocycles. The van der Waals surface area contributed by atoms with Crippen LogP contribution in [0.25, 0.3) is 0 Å². The third-order valence-corrected chi connectivity index (χ3v) is 4.57. The lowest BCUT2D eigenvalue weighted by Gasteiger charge is -2.49. The Morgan fingerprint density at radius 1 is 1.16 bits per heavy atom. The minimum absolute atomic E-state index is 0.117. The number of rotatable bonds is 5. The molecular weight excluding hydrogens is 234 g/mol. The van der Waals surface area contributed by atoms with E-state index in [-0.39, 0.29) is 5.54 Å². The van der Waals surface area contributed by atoms with E-state index < -0.39 is 0 Å². The van der Waals surface area contributed by atoms with Crippen LogP contribution in [-0.2, 0) is 0 Å². The molecular formula is C16H27N3. The van der Waals surface area contributed by atoms with Crippen molar-refractivity contribution >= 4 is 11.4 Å².